The van der Waals surface area contributed by atoms with E-state index in [1.807, 2.05) is 42.1 Å². The highest BCUT2D eigenvalue weighted by Crippen LogP contribution is 2.27. The number of hydrogen-bond donors (Lipinski definition) is 2. The van der Waals surface area contributed by atoms with Gasteiger partial charge in [0.1, 0.15) is 28.6 Å². The molecule has 124 valence electrons. The molecule has 0 radical (unpaired) electrons. The Morgan fingerprint density at radius 2 is 2.00 bits per heavy atom. The molecule has 2 heterocycles. The van der Waals surface area contributed by atoms with Gasteiger partial charge in [-0.1, -0.05) is 23.7 Å². The van der Waals surface area contributed by atoms with Crippen LogP contribution in [0.5, 0.6) is 5.75 Å². The number of halogens is 1. The van der Waals surface area contributed by atoms with E-state index in [1.165, 1.54) is 0 Å². The highest BCUT2D eigenvalue weighted by molar-refractivity contribution is 6.29. The van der Waals surface area contributed by atoms with Crippen LogP contribution >= 0.6 is 11.6 Å². The molecule has 0 spiro atoms. The first-order valence-corrected chi connectivity index (χ1v) is 7.62. The van der Waals surface area contributed by atoms with Crippen molar-refractivity contribution in [3.05, 3.63) is 59.3 Å². The van der Waals surface area contributed by atoms with E-state index in [1.54, 1.807) is 19.4 Å². The Bertz CT molecular complexity index is 813. The minimum atomic E-state index is -0.235. The monoisotopic (exact) mass is 344 g/mol. The Morgan fingerprint density at radius 3 is 2.58 bits per heavy atom. The Morgan fingerprint density at radius 1 is 1.25 bits per heavy atom. The Kier molecular flexibility index (Phi) is 4.52. The predicted octanol–water partition coefficient (Wildman–Crippen LogP) is 2.66. The van der Waals surface area contributed by atoms with Crippen molar-refractivity contribution in [3.63, 3.8) is 0 Å². The molecule has 1 unspecified atom stereocenters. The fourth-order valence-electron chi connectivity index (χ4n) is 2.41. The SMILES string of the molecule is COc1ccc(C(Nc2cc(Cl)nc(N)n2)c2nccn2C)cc1. The zero-order valence-electron chi connectivity index (χ0n) is 13.3. The van der Waals surface area contributed by atoms with Gasteiger partial charge in [0.15, 0.2) is 0 Å². The van der Waals surface area contributed by atoms with Gasteiger partial charge in [-0.25, -0.2) is 9.97 Å². The van der Waals surface area contributed by atoms with E-state index in [0.717, 1.165) is 17.1 Å². The van der Waals surface area contributed by atoms with E-state index in [9.17, 15) is 0 Å². The maximum Gasteiger partial charge on any atom is 0.223 e. The summed E-state index contributed by atoms with van der Waals surface area (Å²) in [5, 5.41) is 3.59. The molecule has 8 heteroatoms. The number of hydrogen-bond acceptors (Lipinski definition) is 6. The summed E-state index contributed by atoms with van der Waals surface area (Å²) in [6.45, 7) is 0. The van der Waals surface area contributed by atoms with Crippen LogP contribution in [0.15, 0.2) is 42.7 Å². The summed E-state index contributed by atoms with van der Waals surface area (Å²) in [5.74, 6) is 2.25. The van der Waals surface area contributed by atoms with Gasteiger partial charge in [-0.2, -0.15) is 4.98 Å². The van der Waals surface area contributed by atoms with Crippen molar-refractivity contribution in [1.82, 2.24) is 19.5 Å². The molecule has 0 saturated heterocycles. The van der Waals surface area contributed by atoms with Gasteiger partial charge in [-0.3, -0.25) is 0 Å². The number of imidazole rings is 1. The first kappa shape index (κ1) is 16.1. The fraction of sp³-hybridized carbons (Fsp3) is 0.188. The lowest BCUT2D eigenvalue weighted by molar-refractivity contribution is 0.414. The van der Waals surface area contributed by atoms with Crippen LogP contribution in [0.2, 0.25) is 5.15 Å². The number of aryl methyl sites for hydroxylation is 1. The molecule has 0 aliphatic rings. The van der Waals surface area contributed by atoms with Crippen molar-refractivity contribution < 1.29 is 4.74 Å². The molecule has 0 fully saturated rings. The number of benzene rings is 1. The average molecular weight is 345 g/mol. The third-order valence-electron chi connectivity index (χ3n) is 3.57. The molecule has 3 N–H and O–H groups in total. The maximum absolute atomic E-state index is 5.97. The number of nitrogens with two attached hydrogens (primary N) is 1. The Balaban J connectivity index is 2.00. The summed E-state index contributed by atoms with van der Waals surface area (Å²) in [6, 6.07) is 9.12. The summed E-state index contributed by atoms with van der Waals surface area (Å²) in [7, 11) is 3.57. The molecule has 0 aliphatic heterocycles. The molecule has 1 atom stereocenters. The van der Waals surface area contributed by atoms with Crippen molar-refractivity contribution in [2.45, 2.75) is 6.04 Å². The second-order valence-electron chi connectivity index (χ2n) is 5.18. The average Bonchev–Trinajstić information content (AvgIpc) is 2.98. The Labute approximate surface area is 144 Å². The second-order valence-corrected chi connectivity index (χ2v) is 5.57. The smallest absolute Gasteiger partial charge is 0.223 e. The minimum absolute atomic E-state index is 0.110. The lowest BCUT2D eigenvalue weighted by Gasteiger charge is -2.20. The zero-order chi connectivity index (χ0) is 17.1. The molecule has 7 nitrogen and oxygen atoms in total. The molecular formula is C16H17ClN6O. The van der Waals surface area contributed by atoms with Crippen LogP contribution in [0.4, 0.5) is 11.8 Å². The van der Waals surface area contributed by atoms with E-state index in [2.05, 4.69) is 20.3 Å². The quantitative estimate of drug-likeness (QED) is 0.691. The molecule has 1 aromatic carbocycles. The third kappa shape index (κ3) is 3.41. The van der Waals surface area contributed by atoms with Crippen LogP contribution in [-0.2, 0) is 7.05 Å². The first-order valence-electron chi connectivity index (χ1n) is 7.24. The van der Waals surface area contributed by atoms with Crippen LogP contribution in [0.1, 0.15) is 17.4 Å². The van der Waals surface area contributed by atoms with Gasteiger partial charge in [0.25, 0.3) is 0 Å². The van der Waals surface area contributed by atoms with E-state index in [4.69, 9.17) is 22.1 Å². The summed E-state index contributed by atoms with van der Waals surface area (Å²) >= 11 is 5.97. The standard InChI is InChI=1S/C16H17ClN6O/c1-23-8-7-19-15(23)14(10-3-5-11(24-2)6-4-10)21-13-9-12(17)20-16(18)22-13/h3-9,14H,1-2H3,(H3,18,20,21,22). The number of ether oxygens (including phenoxy) is 1. The number of nitrogens with zero attached hydrogens (tertiary/aromatic N) is 4. The number of nitrogens with one attached hydrogen (secondary N) is 1. The topological polar surface area (TPSA) is 90.9 Å². The molecule has 0 amide bonds. The van der Waals surface area contributed by atoms with E-state index >= 15 is 0 Å². The van der Waals surface area contributed by atoms with Crippen molar-refractivity contribution in [1.29, 1.82) is 0 Å². The van der Waals surface area contributed by atoms with Crippen LogP contribution in [0.3, 0.4) is 0 Å². The fourth-order valence-corrected chi connectivity index (χ4v) is 2.60. The highest BCUT2D eigenvalue weighted by Gasteiger charge is 2.19. The van der Waals surface area contributed by atoms with Crippen molar-refractivity contribution in [3.8, 4) is 5.75 Å². The van der Waals surface area contributed by atoms with E-state index in [-0.39, 0.29) is 17.1 Å². The van der Waals surface area contributed by atoms with Gasteiger partial charge in [0.05, 0.1) is 7.11 Å². The van der Waals surface area contributed by atoms with Gasteiger partial charge in [0, 0.05) is 25.5 Å². The first-order chi connectivity index (χ1) is 11.6. The van der Waals surface area contributed by atoms with Gasteiger partial charge >= 0.3 is 0 Å². The highest BCUT2D eigenvalue weighted by atomic mass is 35.5. The lowest BCUT2D eigenvalue weighted by atomic mass is 10.1. The van der Waals surface area contributed by atoms with Crippen molar-refractivity contribution in [2.24, 2.45) is 7.05 Å². The lowest BCUT2D eigenvalue weighted by Crippen LogP contribution is -2.18. The number of methoxy groups -OCH3 is 1. The summed E-state index contributed by atoms with van der Waals surface area (Å²) in [6.07, 6.45) is 3.63. The van der Waals surface area contributed by atoms with Crippen molar-refractivity contribution >= 4 is 23.4 Å². The van der Waals surface area contributed by atoms with Crippen LogP contribution in [0.25, 0.3) is 0 Å². The molecule has 0 saturated carbocycles. The second kappa shape index (κ2) is 6.76. The van der Waals surface area contributed by atoms with Crippen LogP contribution in [0, 0.1) is 0 Å². The van der Waals surface area contributed by atoms with Crippen molar-refractivity contribution in [2.75, 3.05) is 18.2 Å². The largest absolute Gasteiger partial charge is 0.497 e. The number of rotatable bonds is 5. The van der Waals surface area contributed by atoms with E-state index in [0.29, 0.717) is 5.82 Å². The van der Waals surface area contributed by atoms with Gasteiger partial charge in [-0.05, 0) is 17.7 Å². The molecule has 3 aromatic rings. The summed E-state index contributed by atoms with van der Waals surface area (Å²) < 4.78 is 7.16. The zero-order valence-corrected chi connectivity index (χ0v) is 14.0. The number of aromatic nitrogens is 4. The molecule has 0 bridgehead atoms. The molecule has 0 aliphatic carbocycles. The normalized spacial score (nSPS) is 12.0. The molecule has 3 rings (SSSR count). The summed E-state index contributed by atoms with van der Waals surface area (Å²) in [4.78, 5) is 12.5. The molecule has 2 aromatic heterocycles. The van der Waals surface area contributed by atoms with Gasteiger partial charge in [0.2, 0.25) is 5.95 Å². The van der Waals surface area contributed by atoms with Gasteiger partial charge < -0.3 is 20.4 Å². The van der Waals surface area contributed by atoms with Crippen LogP contribution < -0.4 is 15.8 Å². The molecule has 24 heavy (non-hydrogen) atoms. The predicted molar refractivity (Wildman–Crippen MR) is 93.1 cm³/mol. The number of nitrogen functional groups attached to an aromatic ring is 1. The van der Waals surface area contributed by atoms with Gasteiger partial charge in [-0.15, -0.1) is 0 Å². The van der Waals surface area contributed by atoms with E-state index < -0.39 is 0 Å². The molecular weight excluding hydrogens is 328 g/mol. The Hall–Kier alpha value is -2.80. The van der Waals surface area contributed by atoms with Crippen LogP contribution in [-0.4, -0.2) is 26.6 Å². The third-order valence-corrected chi connectivity index (χ3v) is 3.76. The summed E-state index contributed by atoms with van der Waals surface area (Å²) in [5.41, 5.74) is 6.67. The minimum Gasteiger partial charge on any atom is -0.497 e. The number of anilines is 2. The maximum atomic E-state index is 5.97.